The van der Waals surface area contributed by atoms with Gasteiger partial charge in [-0.25, -0.2) is 4.98 Å². The van der Waals surface area contributed by atoms with Crippen LogP contribution in [0.1, 0.15) is 43.7 Å². The van der Waals surface area contributed by atoms with E-state index in [1.165, 1.54) is 16.9 Å². The second kappa shape index (κ2) is 9.14. The molecular weight excluding hydrogens is 396 g/mol. The van der Waals surface area contributed by atoms with Crippen LogP contribution < -0.4 is 9.64 Å². The van der Waals surface area contributed by atoms with Crippen LogP contribution in [0, 0.1) is 0 Å². The summed E-state index contributed by atoms with van der Waals surface area (Å²) in [5, 5.41) is 0.703. The smallest absolute Gasteiger partial charge is 0.233 e. The first-order valence-electron chi connectivity index (χ1n) is 10.5. The number of benzene rings is 2. The molecule has 1 saturated heterocycles. The number of amides is 1. The number of para-hydroxylation sites is 1. The molecule has 0 saturated carbocycles. The van der Waals surface area contributed by atoms with Gasteiger partial charge in [0.25, 0.3) is 0 Å². The Labute approximate surface area is 181 Å². The summed E-state index contributed by atoms with van der Waals surface area (Å²) in [6, 6.07) is 14.2. The maximum Gasteiger partial charge on any atom is 0.233 e. The van der Waals surface area contributed by atoms with E-state index in [-0.39, 0.29) is 12.0 Å². The van der Waals surface area contributed by atoms with Crippen LogP contribution in [0.15, 0.2) is 42.5 Å². The van der Waals surface area contributed by atoms with E-state index in [4.69, 9.17) is 14.5 Å². The molecule has 30 heavy (non-hydrogen) atoms. The topological polar surface area (TPSA) is 51.7 Å². The molecule has 6 heteroatoms. The van der Waals surface area contributed by atoms with Gasteiger partial charge in [-0.15, -0.1) is 0 Å². The quantitative estimate of drug-likeness (QED) is 0.524. The highest BCUT2D eigenvalue weighted by atomic mass is 32.1. The number of anilines is 1. The van der Waals surface area contributed by atoms with Crippen LogP contribution in [0.4, 0.5) is 5.13 Å². The van der Waals surface area contributed by atoms with Crippen LogP contribution >= 0.6 is 11.3 Å². The predicted molar refractivity (Wildman–Crippen MR) is 122 cm³/mol. The second-order valence-electron chi connectivity index (χ2n) is 8.02. The highest BCUT2D eigenvalue weighted by molar-refractivity contribution is 7.22. The molecule has 1 amide bonds. The molecule has 158 valence electrons. The number of hydrogen-bond acceptors (Lipinski definition) is 5. The molecule has 1 atom stereocenters. The highest BCUT2D eigenvalue weighted by Gasteiger charge is 2.26. The zero-order valence-electron chi connectivity index (χ0n) is 17.8. The molecule has 1 unspecified atom stereocenters. The van der Waals surface area contributed by atoms with Crippen molar-refractivity contribution in [3.05, 3.63) is 53.6 Å². The average Bonchev–Trinajstić information content (AvgIpc) is 3.41. The summed E-state index contributed by atoms with van der Waals surface area (Å²) < 4.78 is 12.3. The maximum atomic E-state index is 13.4. The summed E-state index contributed by atoms with van der Waals surface area (Å²) in [4.78, 5) is 19.9. The number of fused-ring (bicyclic) bond motifs is 1. The van der Waals surface area contributed by atoms with Crippen molar-refractivity contribution in [2.45, 2.75) is 45.1 Å². The minimum absolute atomic E-state index is 0.0424. The van der Waals surface area contributed by atoms with E-state index < -0.39 is 0 Å². The van der Waals surface area contributed by atoms with Crippen LogP contribution in [0.2, 0.25) is 0 Å². The Balaban J connectivity index is 1.61. The molecule has 0 bridgehead atoms. The monoisotopic (exact) mass is 424 g/mol. The van der Waals surface area contributed by atoms with E-state index in [2.05, 4.69) is 38.1 Å². The number of nitrogens with zero attached hydrogens (tertiary/aromatic N) is 2. The van der Waals surface area contributed by atoms with Gasteiger partial charge in [-0.2, -0.15) is 0 Å². The largest absolute Gasteiger partial charge is 0.494 e. The van der Waals surface area contributed by atoms with Crippen LogP contribution in [0.5, 0.6) is 5.75 Å². The minimum atomic E-state index is 0.0424. The standard InChI is InChI=1S/C24H28N2O3S/c1-16(2)18-11-9-17(10-12-18)14-22(27)26(15-19-6-5-13-29-19)24-25-23-20(28-3)7-4-8-21(23)30-24/h4,7-12,16,19H,5-6,13-15H2,1-3H3. The highest BCUT2D eigenvalue weighted by Crippen LogP contribution is 2.35. The molecule has 0 spiro atoms. The van der Waals surface area contributed by atoms with Gasteiger partial charge >= 0.3 is 0 Å². The number of methoxy groups -OCH3 is 1. The van der Waals surface area contributed by atoms with Crippen molar-refractivity contribution in [2.75, 3.05) is 25.2 Å². The third-order valence-electron chi connectivity index (χ3n) is 5.53. The molecule has 1 aromatic heterocycles. The van der Waals surface area contributed by atoms with Crippen LogP contribution in [0.3, 0.4) is 0 Å². The molecule has 0 aliphatic carbocycles. The summed E-state index contributed by atoms with van der Waals surface area (Å²) >= 11 is 1.52. The minimum Gasteiger partial charge on any atom is -0.494 e. The number of carbonyl (C=O) groups excluding carboxylic acids is 1. The van der Waals surface area contributed by atoms with Crippen LogP contribution in [0.25, 0.3) is 10.2 Å². The zero-order valence-corrected chi connectivity index (χ0v) is 18.6. The molecule has 5 nitrogen and oxygen atoms in total. The molecule has 2 aromatic carbocycles. The third kappa shape index (κ3) is 4.50. The molecule has 0 radical (unpaired) electrons. The van der Waals surface area contributed by atoms with Gasteiger partial charge in [0.05, 0.1) is 30.9 Å². The first-order valence-corrected chi connectivity index (χ1v) is 11.3. The van der Waals surface area contributed by atoms with E-state index in [0.29, 0.717) is 24.0 Å². The Morgan fingerprint density at radius 1 is 1.27 bits per heavy atom. The van der Waals surface area contributed by atoms with Crippen molar-refractivity contribution < 1.29 is 14.3 Å². The maximum absolute atomic E-state index is 13.4. The fourth-order valence-electron chi connectivity index (χ4n) is 3.76. The fraction of sp³-hybridized carbons (Fsp3) is 0.417. The third-order valence-corrected chi connectivity index (χ3v) is 6.58. The first kappa shape index (κ1) is 20.8. The van der Waals surface area contributed by atoms with Crippen molar-refractivity contribution in [3.63, 3.8) is 0 Å². The molecular formula is C24H28N2O3S. The molecule has 4 rings (SSSR count). The number of thiazole rings is 1. The number of carbonyl (C=O) groups is 1. The van der Waals surface area contributed by atoms with Crippen molar-refractivity contribution in [1.82, 2.24) is 4.98 Å². The lowest BCUT2D eigenvalue weighted by atomic mass is 10.0. The Morgan fingerprint density at radius 3 is 2.73 bits per heavy atom. The van der Waals surface area contributed by atoms with Gasteiger partial charge < -0.3 is 9.47 Å². The number of hydrogen-bond donors (Lipinski definition) is 0. The summed E-state index contributed by atoms with van der Waals surface area (Å²) in [5.41, 5.74) is 3.09. The molecule has 0 N–H and O–H groups in total. The predicted octanol–water partition coefficient (Wildman–Crippen LogP) is 5.18. The van der Waals surface area contributed by atoms with Gasteiger partial charge in [-0.3, -0.25) is 9.69 Å². The Morgan fingerprint density at radius 2 is 2.07 bits per heavy atom. The SMILES string of the molecule is COc1cccc2sc(N(CC3CCCO3)C(=O)Cc3ccc(C(C)C)cc3)nc12. The molecule has 3 aromatic rings. The van der Waals surface area contributed by atoms with E-state index >= 15 is 0 Å². The van der Waals surface area contributed by atoms with Crippen molar-refractivity contribution >= 4 is 32.6 Å². The number of rotatable bonds is 7. The number of ether oxygens (including phenoxy) is 2. The molecule has 1 aliphatic heterocycles. The van der Waals surface area contributed by atoms with Gasteiger partial charge in [-0.1, -0.05) is 55.5 Å². The lowest BCUT2D eigenvalue weighted by Gasteiger charge is -2.23. The van der Waals surface area contributed by atoms with E-state index in [1.807, 2.05) is 18.2 Å². The van der Waals surface area contributed by atoms with E-state index in [0.717, 1.165) is 41.0 Å². The first-order chi connectivity index (χ1) is 14.5. The lowest BCUT2D eigenvalue weighted by Crippen LogP contribution is -2.38. The summed E-state index contributed by atoms with van der Waals surface area (Å²) in [6.07, 6.45) is 2.42. The normalized spacial score (nSPS) is 16.3. The van der Waals surface area contributed by atoms with Gasteiger partial charge in [0.15, 0.2) is 5.13 Å². The molecule has 1 aliphatic rings. The van der Waals surface area contributed by atoms with E-state index in [1.54, 1.807) is 12.0 Å². The van der Waals surface area contributed by atoms with Gasteiger partial charge in [0, 0.05) is 6.61 Å². The Hall–Kier alpha value is -2.44. The fourth-order valence-corrected chi connectivity index (χ4v) is 4.77. The summed E-state index contributed by atoms with van der Waals surface area (Å²) in [7, 11) is 1.64. The molecule has 1 fully saturated rings. The lowest BCUT2D eigenvalue weighted by molar-refractivity contribution is -0.118. The van der Waals surface area contributed by atoms with E-state index in [9.17, 15) is 4.79 Å². The van der Waals surface area contributed by atoms with Gasteiger partial charge in [-0.05, 0) is 42.0 Å². The zero-order chi connectivity index (χ0) is 21.1. The van der Waals surface area contributed by atoms with Crippen LogP contribution in [-0.4, -0.2) is 37.3 Å². The average molecular weight is 425 g/mol. The van der Waals surface area contributed by atoms with Crippen LogP contribution in [-0.2, 0) is 16.0 Å². The van der Waals surface area contributed by atoms with Gasteiger partial charge in [0.1, 0.15) is 11.3 Å². The summed E-state index contributed by atoms with van der Waals surface area (Å²) in [6.45, 7) is 5.64. The van der Waals surface area contributed by atoms with Crippen molar-refractivity contribution in [3.8, 4) is 5.75 Å². The van der Waals surface area contributed by atoms with Crippen molar-refractivity contribution in [1.29, 1.82) is 0 Å². The number of aromatic nitrogens is 1. The summed E-state index contributed by atoms with van der Waals surface area (Å²) in [5.74, 6) is 1.24. The molecule has 2 heterocycles. The van der Waals surface area contributed by atoms with Crippen molar-refractivity contribution in [2.24, 2.45) is 0 Å². The van der Waals surface area contributed by atoms with Gasteiger partial charge in [0.2, 0.25) is 5.91 Å². The second-order valence-corrected chi connectivity index (χ2v) is 9.02. The Kier molecular flexibility index (Phi) is 6.35. The Bertz CT molecular complexity index is 1010.